The Morgan fingerprint density at radius 1 is 1.41 bits per heavy atom. The van der Waals surface area contributed by atoms with Crippen molar-refractivity contribution in [3.63, 3.8) is 0 Å². The first-order valence-corrected chi connectivity index (χ1v) is 6.91. The summed E-state index contributed by atoms with van der Waals surface area (Å²) in [7, 11) is 0. The topological polar surface area (TPSA) is 45.1 Å². The van der Waals surface area contributed by atoms with E-state index < -0.39 is 0 Å². The number of nitrogens with one attached hydrogen (secondary N) is 1. The van der Waals surface area contributed by atoms with Crippen molar-refractivity contribution >= 4 is 27.3 Å². The molecule has 3 nitrogen and oxygen atoms in total. The Balaban J connectivity index is 1.91. The highest BCUT2D eigenvalue weighted by atomic mass is 79.9. The maximum absolute atomic E-state index is 9.66. The molecule has 0 radical (unpaired) electrons. The van der Waals surface area contributed by atoms with Crippen molar-refractivity contribution in [3.05, 3.63) is 44.3 Å². The molecule has 0 saturated heterocycles. The fraction of sp³-hybridized carbons (Fsp3) is 0.250. The second-order valence-electron chi connectivity index (χ2n) is 3.76. The average Bonchev–Trinajstić information content (AvgIpc) is 2.69. The van der Waals surface area contributed by atoms with Crippen LogP contribution < -0.4 is 5.32 Å². The summed E-state index contributed by atoms with van der Waals surface area (Å²) in [6, 6.07) is 5.42. The third-order valence-corrected chi connectivity index (χ3v) is 3.76. The monoisotopic (exact) mass is 312 g/mol. The fourth-order valence-corrected chi connectivity index (χ4v) is 2.63. The Morgan fingerprint density at radius 2 is 2.24 bits per heavy atom. The van der Waals surface area contributed by atoms with Gasteiger partial charge in [0.2, 0.25) is 0 Å². The number of hydrogen-bond acceptors (Lipinski definition) is 4. The Morgan fingerprint density at radius 3 is 2.94 bits per heavy atom. The second-order valence-corrected chi connectivity index (χ2v) is 5.62. The first kappa shape index (κ1) is 12.5. The van der Waals surface area contributed by atoms with Gasteiger partial charge in [-0.15, -0.1) is 11.3 Å². The summed E-state index contributed by atoms with van der Waals surface area (Å²) in [5.74, 6) is 0.316. The standard InChI is InChI=1S/C12H13BrN2OS/c1-8-7-17-12(15-8)6-14-5-9-4-10(13)2-3-11(9)16/h2-4,7,14,16H,5-6H2,1H3. The van der Waals surface area contributed by atoms with E-state index in [1.165, 1.54) is 0 Å². The van der Waals surface area contributed by atoms with Crippen LogP contribution in [0.5, 0.6) is 5.75 Å². The molecule has 0 amide bonds. The molecule has 90 valence electrons. The molecular weight excluding hydrogens is 300 g/mol. The lowest BCUT2D eigenvalue weighted by atomic mass is 10.2. The molecule has 1 aromatic heterocycles. The molecule has 2 aromatic rings. The number of aryl methyl sites for hydroxylation is 1. The minimum Gasteiger partial charge on any atom is -0.508 e. The number of nitrogens with zero attached hydrogens (tertiary/aromatic N) is 1. The van der Waals surface area contributed by atoms with Crippen LogP contribution in [0.1, 0.15) is 16.3 Å². The normalized spacial score (nSPS) is 10.7. The van der Waals surface area contributed by atoms with Gasteiger partial charge in [-0.05, 0) is 25.1 Å². The Kier molecular flexibility index (Phi) is 4.15. The molecule has 0 atom stereocenters. The van der Waals surface area contributed by atoms with Crippen LogP contribution in [0.25, 0.3) is 0 Å². The van der Waals surface area contributed by atoms with Gasteiger partial charge in [-0.2, -0.15) is 0 Å². The van der Waals surface area contributed by atoms with Crippen molar-refractivity contribution in [2.24, 2.45) is 0 Å². The average molecular weight is 313 g/mol. The Hall–Kier alpha value is -0.910. The van der Waals surface area contributed by atoms with Crippen molar-refractivity contribution < 1.29 is 5.11 Å². The van der Waals surface area contributed by atoms with Gasteiger partial charge < -0.3 is 10.4 Å². The summed E-state index contributed by atoms with van der Waals surface area (Å²) in [6.07, 6.45) is 0. The predicted octanol–water partition coefficient (Wildman–Crippen LogP) is 3.21. The SMILES string of the molecule is Cc1csc(CNCc2cc(Br)ccc2O)n1. The smallest absolute Gasteiger partial charge is 0.120 e. The first-order chi connectivity index (χ1) is 8.15. The van der Waals surface area contributed by atoms with Gasteiger partial charge in [0, 0.05) is 34.2 Å². The van der Waals surface area contributed by atoms with Gasteiger partial charge in [-0.25, -0.2) is 4.98 Å². The van der Waals surface area contributed by atoms with Crippen LogP contribution in [-0.2, 0) is 13.1 Å². The number of phenolic OH excluding ortho intramolecular Hbond substituents is 1. The highest BCUT2D eigenvalue weighted by Crippen LogP contribution is 2.21. The predicted molar refractivity (Wildman–Crippen MR) is 73.2 cm³/mol. The van der Waals surface area contributed by atoms with E-state index in [1.54, 1.807) is 17.4 Å². The maximum Gasteiger partial charge on any atom is 0.120 e. The lowest BCUT2D eigenvalue weighted by Gasteiger charge is -2.06. The van der Waals surface area contributed by atoms with Crippen LogP contribution in [0.4, 0.5) is 0 Å². The van der Waals surface area contributed by atoms with E-state index in [0.717, 1.165) is 27.3 Å². The zero-order valence-electron chi connectivity index (χ0n) is 9.40. The molecule has 0 aliphatic rings. The van der Waals surface area contributed by atoms with Gasteiger partial charge in [0.05, 0.1) is 0 Å². The molecule has 0 spiro atoms. The van der Waals surface area contributed by atoms with Crippen LogP contribution in [-0.4, -0.2) is 10.1 Å². The molecule has 1 aromatic carbocycles. The van der Waals surface area contributed by atoms with E-state index in [1.807, 2.05) is 24.4 Å². The molecular formula is C12H13BrN2OS. The van der Waals surface area contributed by atoms with Crippen LogP contribution in [0.15, 0.2) is 28.1 Å². The maximum atomic E-state index is 9.66. The number of halogens is 1. The number of hydrogen-bond donors (Lipinski definition) is 2. The largest absolute Gasteiger partial charge is 0.508 e. The van der Waals surface area contributed by atoms with Crippen LogP contribution in [0, 0.1) is 6.92 Å². The third-order valence-electron chi connectivity index (χ3n) is 2.30. The molecule has 17 heavy (non-hydrogen) atoms. The Bertz CT molecular complexity index is 513. The summed E-state index contributed by atoms with van der Waals surface area (Å²) >= 11 is 5.03. The van der Waals surface area contributed by atoms with Crippen LogP contribution in [0.2, 0.25) is 0 Å². The van der Waals surface area contributed by atoms with Gasteiger partial charge in [-0.1, -0.05) is 15.9 Å². The fourth-order valence-electron chi connectivity index (χ4n) is 1.48. The van der Waals surface area contributed by atoms with Crippen LogP contribution in [0.3, 0.4) is 0 Å². The quantitative estimate of drug-likeness (QED) is 0.911. The zero-order chi connectivity index (χ0) is 12.3. The van der Waals surface area contributed by atoms with E-state index in [-0.39, 0.29) is 0 Å². The van der Waals surface area contributed by atoms with Gasteiger partial charge in [0.1, 0.15) is 10.8 Å². The van der Waals surface area contributed by atoms with Gasteiger partial charge >= 0.3 is 0 Å². The highest BCUT2D eigenvalue weighted by Gasteiger charge is 2.03. The minimum absolute atomic E-state index is 0.316. The molecule has 0 fully saturated rings. The second kappa shape index (κ2) is 5.62. The molecule has 2 rings (SSSR count). The molecule has 0 bridgehead atoms. The molecule has 0 aliphatic carbocycles. The van der Waals surface area contributed by atoms with Crippen molar-refractivity contribution in [1.29, 1.82) is 0 Å². The number of aromatic hydroxyl groups is 1. The molecule has 2 N–H and O–H groups in total. The van der Waals surface area contributed by atoms with Crippen molar-refractivity contribution in [2.45, 2.75) is 20.0 Å². The van der Waals surface area contributed by atoms with Gasteiger partial charge in [0.15, 0.2) is 0 Å². The van der Waals surface area contributed by atoms with Crippen LogP contribution >= 0.6 is 27.3 Å². The third kappa shape index (κ3) is 3.52. The molecule has 1 heterocycles. The molecule has 0 saturated carbocycles. The molecule has 0 unspecified atom stereocenters. The van der Waals surface area contributed by atoms with E-state index >= 15 is 0 Å². The minimum atomic E-state index is 0.316. The summed E-state index contributed by atoms with van der Waals surface area (Å²) < 4.78 is 0.970. The van der Waals surface area contributed by atoms with Crippen molar-refractivity contribution in [3.8, 4) is 5.75 Å². The number of thiazole rings is 1. The van der Waals surface area contributed by atoms with E-state index in [9.17, 15) is 5.11 Å². The Labute approximate surface area is 113 Å². The summed E-state index contributed by atoms with van der Waals surface area (Å²) in [5.41, 5.74) is 1.93. The van der Waals surface area contributed by atoms with Gasteiger partial charge in [0.25, 0.3) is 0 Å². The highest BCUT2D eigenvalue weighted by molar-refractivity contribution is 9.10. The van der Waals surface area contributed by atoms with Gasteiger partial charge in [-0.3, -0.25) is 0 Å². The molecule has 0 aliphatic heterocycles. The molecule has 5 heteroatoms. The first-order valence-electron chi connectivity index (χ1n) is 5.24. The number of rotatable bonds is 4. The number of aromatic nitrogens is 1. The van der Waals surface area contributed by atoms with E-state index in [0.29, 0.717) is 12.3 Å². The zero-order valence-corrected chi connectivity index (χ0v) is 11.8. The summed E-state index contributed by atoms with van der Waals surface area (Å²) in [6.45, 7) is 3.34. The van der Waals surface area contributed by atoms with E-state index in [4.69, 9.17) is 0 Å². The lowest BCUT2D eigenvalue weighted by Crippen LogP contribution is -2.12. The van der Waals surface area contributed by atoms with Crippen molar-refractivity contribution in [2.75, 3.05) is 0 Å². The van der Waals surface area contributed by atoms with Crippen molar-refractivity contribution in [1.82, 2.24) is 10.3 Å². The lowest BCUT2D eigenvalue weighted by molar-refractivity contribution is 0.464. The summed E-state index contributed by atoms with van der Waals surface area (Å²) in [4.78, 5) is 4.37. The number of benzene rings is 1. The van der Waals surface area contributed by atoms with E-state index in [2.05, 4.69) is 26.2 Å². The number of phenols is 1. The summed E-state index contributed by atoms with van der Waals surface area (Å²) in [5, 5.41) is 16.0.